The van der Waals surface area contributed by atoms with Gasteiger partial charge in [-0.1, -0.05) is 17.7 Å². The lowest BCUT2D eigenvalue weighted by atomic mass is 9.88. The summed E-state index contributed by atoms with van der Waals surface area (Å²) in [6, 6.07) is 4.47. The van der Waals surface area contributed by atoms with Gasteiger partial charge in [-0.3, -0.25) is 0 Å². The highest BCUT2D eigenvalue weighted by atomic mass is 35.5. The van der Waals surface area contributed by atoms with Gasteiger partial charge in [0.1, 0.15) is 5.82 Å². The van der Waals surface area contributed by atoms with Crippen LogP contribution in [0.2, 0.25) is 5.02 Å². The number of aliphatic hydroxyl groups excluding tert-OH is 1. The van der Waals surface area contributed by atoms with Gasteiger partial charge in [-0.05, 0) is 37.5 Å². The van der Waals surface area contributed by atoms with Crippen LogP contribution in [-0.4, -0.2) is 11.7 Å². The fourth-order valence-electron chi connectivity index (χ4n) is 1.44. The Balaban J connectivity index is 2.89. The van der Waals surface area contributed by atoms with Crippen molar-refractivity contribution < 1.29 is 9.50 Å². The highest BCUT2D eigenvalue weighted by molar-refractivity contribution is 6.30. The van der Waals surface area contributed by atoms with Gasteiger partial charge >= 0.3 is 0 Å². The molecule has 0 fully saturated rings. The van der Waals surface area contributed by atoms with Crippen molar-refractivity contribution in [1.29, 1.82) is 0 Å². The molecule has 1 atom stereocenters. The molecule has 0 spiro atoms. The Morgan fingerprint density at radius 1 is 1.53 bits per heavy atom. The molecule has 0 aliphatic rings. The van der Waals surface area contributed by atoms with E-state index >= 15 is 0 Å². The molecule has 1 aromatic carbocycles. The van der Waals surface area contributed by atoms with E-state index in [0.717, 1.165) is 5.56 Å². The van der Waals surface area contributed by atoms with Crippen molar-refractivity contribution in [1.82, 2.24) is 0 Å². The van der Waals surface area contributed by atoms with E-state index in [2.05, 4.69) is 0 Å². The number of aliphatic hydroxyl groups is 1. The first-order valence-corrected chi connectivity index (χ1v) is 5.20. The van der Waals surface area contributed by atoms with Crippen LogP contribution in [0.1, 0.15) is 25.3 Å². The van der Waals surface area contributed by atoms with Gasteiger partial charge in [0.15, 0.2) is 0 Å². The molecule has 0 saturated heterocycles. The summed E-state index contributed by atoms with van der Waals surface area (Å²) in [5.41, 5.74) is 6.25. The standard InChI is InChI=1S/C11H15ClFNO/c1-11(14,5-2-6-15)8-3-4-10(13)9(12)7-8/h3-4,7,15H,2,5-6,14H2,1H3. The average Bonchev–Trinajstić information content (AvgIpc) is 2.19. The average molecular weight is 232 g/mol. The van der Waals surface area contributed by atoms with Gasteiger partial charge in [0, 0.05) is 12.1 Å². The van der Waals surface area contributed by atoms with E-state index < -0.39 is 11.4 Å². The molecule has 0 aliphatic heterocycles. The lowest BCUT2D eigenvalue weighted by Crippen LogP contribution is -2.33. The van der Waals surface area contributed by atoms with E-state index in [1.54, 1.807) is 6.07 Å². The molecule has 4 heteroatoms. The quantitative estimate of drug-likeness (QED) is 0.836. The summed E-state index contributed by atoms with van der Waals surface area (Å²) in [4.78, 5) is 0. The molecule has 0 saturated carbocycles. The third-order valence-corrected chi connectivity index (χ3v) is 2.72. The minimum absolute atomic E-state index is 0.0770. The van der Waals surface area contributed by atoms with Crippen molar-refractivity contribution in [2.75, 3.05) is 6.61 Å². The van der Waals surface area contributed by atoms with Crippen LogP contribution in [0.5, 0.6) is 0 Å². The third-order valence-electron chi connectivity index (χ3n) is 2.43. The molecular weight excluding hydrogens is 217 g/mol. The summed E-state index contributed by atoms with van der Waals surface area (Å²) < 4.78 is 12.9. The summed E-state index contributed by atoms with van der Waals surface area (Å²) in [6.07, 6.45) is 1.24. The molecule has 0 aromatic heterocycles. The molecule has 0 heterocycles. The van der Waals surface area contributed by atoms with Crippen molar-refractivity contribution in [3.05, 3.63) is 34.6 Å². The monoisotopic (exact) mass is 231 g/mol. The van der Waals surface area contributed by atoms with Gasteiger partial charge in [0.25, 0.3) is 0 Å². The molecule has 0 aliphatic carbocycles. The summed E-state index contributed by atoms with van der Waals surface area (Å²) in [5.74, 6) is -0.446. The molecular formula is C11H15ClFNO. The number of rotatable bonds is 4. The van der Waals surface area contributed by atoms with Crippen LogP contribution >= 0.6 is 11.6 Å². The number of hydrogen-bond acceptors (Lipinski definition) is 2. The fraction of sp³-hybridized carbons (Fsp3) is 0.455. The maximum absolute atomic E-state index is 12.9. The SMILES string of the molecule is CC(N)(CCCO)c1ccc(F)c(Cl)c1. The number of halogens is 2. The normalized spacial score (nSPS) is 15.0. The van der Waals surface area contributed by atoms with Gasteiger partial charge in [-0.25, -0.2) is 4.39 Å². The minimum atomic E-state index is -0.583. The van der Waals surface area contributed by atoms with Gasteiger partial charge in [-0.15, -0.1) is 0 Å². The molecule has 0 radical (unpaired) electrons. The van der Waals surface area contributed by atoms with Crippen LogP contribution in [0.15, 0.2) is 18.2 Å². The molecule has 2 nitrogen and oxygen atoms in total. The number of hydrogen-bond donors (Lipinski definition) is 2. The molecule has 3 N–H and O–H groups in total. The van der Waals surface area contributed by atoms with Crippen molar-refractivity contribution in [2.24, 2.45) is 5.73 Å². The third kappa shape index (κ3) is 3.16. The first-order valence-electron chi connectivity index (χ1n) is 4.82. The molecule has 1 rings (SSSR count). The molecule has 1 unspecified atom stereocenters. The summed E-state index contributed by atoms with van der Waals surface area (Å²) in [6.45, 7) is 1.94. The van der Waals surface area contributed by atoms with Gasteiger partial charge in [0.05, 0.1) is 5.02 Å². The van der Waals surface area contributed by atoms with E-state index in [9.17, 15) is 4.39 Å². The predicted octanol–water partition coefficient (Wildman–Crippen LogP) is 2.43. The Morgan fingerprint density at radius 2 is 2.20 bits per heavy atom. The van der Waals surface area contributed by atoms with E-state index in [-0.39, 0.29) is 11.6 Å². The minimum Gasteiger partial charge on any atom is -0.396 e. The van der Waals surface area contributed by atoms with E-state index in [1.807, 2.05) is 6.92 Å². The van der Waals surface area contributed by atoms with E-state index in [0.29, 0.717) is 12.8 Å². The maximum atomic E-state index is 12.9. The second-order valence-corrected chi connectivity index (χ2v) is 4.28. The zero-order valence-corrected chi connectivity index (χ0v) is 9.39. The Hall–Kier alpha value is -0.640. The van der Waals surface area contributed by atoms with Crippen LogP contribution in [0, 0.1) is 5.82 Å². The first kappa shape index (κ1) is 12.4. The van der Waals surface area contributed by atoms with E-state index in [1.165, 1.54) is 12.1 Å². The largest absolute Gasteiger partial charge is 0.396 e. The van der Waals surface area contributed by atoms with Crippen molar-refractivity contribution in [3.63, 3.8) is 0 Å². The second-order valence-electron chi connectivity index (χ2n) is 3.87. The zero-order valence-electron chi connectivity index (χ0n) is 8.63. The van der Waals surface area contributed by atoms with Gasteiger partial charge < -0.3 is 10.8 Å². The van der Waals surface area contributed by atoms with Gasteiger partial charge in [0.2, 0.25) is 0 Å². The van der Waals surface area contributed by atoms with Crippen LogP contribution in [0.3, 0.4) is 0 Å². The summed E-state index contributed by atoms with van der Waals surface area (Å²) >= 11 is 5.67. The Kier molecular flexibility index (Phi) is 4.08. The number of benzene rings is 1. The zero-order chi connectivity index (χ0) is 11.5. The van der Waals surface area contributed by atoms with Crippen molar-refractivity contribution >= 4 is 11.6 Å². The molecule has 15 heavy (non-hydrogen) atoms. The topological polar surface area (TPSA) is 46.2 Å². The summed E-state index contributed by atoms with van der Waals surface area (Å²) in [7, 11) is 0. The fourth-order valence-corrected chi connectivity index (χ4v) is 1.62. The summed E-state index contributed by atoms with van der Waals surface area (Å²) in [5, 5.41) is 8.81. The lowest BCUT2D eigenvalue weighted by molar-refractivity contribution is 0.265. The molecule has 0 amide bonds. The van der Waals surface area contributed by atoms with Crippen LogP contribution in [-0.2, 0) is 5.54 Å². The highest BCUT2D eigenvalue weighted by Crippen LogP contribution is 2.26. The lowest BCUT2D eigenvalue weighted by Gasteiger charge is -2.25. The highest BCUT2D eigenvalue weighted by Gasteiger charge is 2.21. The molecule has 1 aromatic rings. The Morgan fingerprint density at radius 3 is 2.73 bits per heavy atom. The smallest absolute Gasteiger partial charge is 0.141 e. The number of nitrogens with two attached hydrogens (primary N) is 1. The van der Waals surface area contributed by atoms with Crippen LogP contribution < -0.4 is 5.73 Å². The van der Waals surface area contributed by atoms with Crippen LogP contribution in [0.4, 0.5) is 4.39 Å². The van der Waals surface area contributed by atoms with Gasteiger partial charge in [-0.2, -0.15) is 0 Å². The van der Waals surface area contributed by atoms with Crippen LogP contribution in [0.25, 0.3) is 0 Å². The maximum Gasteiger partial charge on any atom is 0.141 e. The predicted molar refractivity (Wildman–Crippen MR) is 59.3 cm³/mol. The second kappa shape index (κ2) is 4.92. The molecule has 0 bridgehead atoms. The van der Waals surface area contributed by atoms with Crippen molar-refractivity contribution in [3.8, 4) is 0 Å². The van der Waals surface area contributed by atoms with E-state index in [4.69, 9.17) is 22.4 Å². The van der Waals surface area contributed by atoms with Crippen molar-refractivity contribution in [2.45, 2.75) is 25.3 Å². The molecule has 84 valence electrons. The Bertz CT molecular complexity index is 341. The first-order chi connectivity index (χ1) is 6.97. The Labute approximate surface area is 93.9 Å².